The second-order valence-electron chi connectivity index (χ2n) is 10.6. The van der Waals surface area contributed by atoms with Gasteiger partial charge in [-0.05, 0) is 74.1 Å². The zero-order valence-corrected chi connectivity index (χ0v) is 23.3. The summed E-state index contributed by atoms with van der Waals surface area (Å²) in [5.74, 6) is 0.0194. The minimum atomic E-state index is -0.103. The molecule has 4 nitrogen and oxygen atoms in total. The van der Waals surface area contributed by atoms with E-state index in [1.807, 2.05) is 67.6 Å². The van der Waals surface area contributed by atoms with Gasteiger partial charge in [-0.2, -0.15) is 0 Å². The molecule has 0 aromatic heterocycles. The highest BCUT2D eigenvalue weighted by Crippen LogP contribution is 2.43. The van der Waals surface area contributed by atoms with E-state index < -0.39 is 0 Å². The van der Waals surface area contributed by atoms with Crippen molar-refractivity contribution in [3.63, 3.8) is 0 Å². The molecule has 196 valence electrons. The topological polar surface area (TPSA) is 49.4 Å². The Morgan fingerprint density at radius 3 is 2.53 bits per heavy atom. The van der Waals surface area contributed by atoms with Crippen LogP contribution < -0.4 is 5.32 Å². The molecule has 5 heteroatoms. The number of nitrogens with one attached hydrogen (secondary N) is 1. The van der Waals surface area contributed by atoms with Gasteiger partial charge in [-0.3, -0.25) is 9.59 Å². The average Bonchev–Trinajstić information content (AvgIpc) is 2.93. The molecule has 3 unspecified atom stereocenters. The van der Waals surface area contributed by atoms with E-state index in [0.717, 1.165) is 28.9 Å². The third kappa shape index (κ3) is 5.88. The summed E-state index contributed by atoms with van der Waals surface area (Å²) >= 11 is 1.75. The molecule has 0 radical (unpaired) electrons. The maximum atomic E-state index is 13.8. The SMILES string of the molecule is Cc1ccc(C)c(CN2C(=O)/C(=C/c3ccc(C(=O)NC(C)c4ccccc4)cc3)SC3CCCCC32)c1. The molecule has 1 N–H and O–H groups in total. The molecule has 1 aliphatic heterocycles. The molecule has 1 heterocycles. The maximum absolute atomic E-state index is 13.8. The zero-order chi connectivity index (χ0) is 26.6. The Morgan fingerprint density at radius 1 is 1.03 bits per heavy atom. The average molecular weight is 525 g/mol. The molecule has 2 amide bonds. The molecule has 1 aliphatic carbocycles. The molecule has 0 spiro atoms. The monoisotopic (exact) mass is 524 g/mol. The van der Waals surface area contributed by atoms with Gasteiger partial charge in [-0.1, -0.05) is 79.1 Å². The van der Waals surface area contributed by atoms with Crippen molar-refractivity contribution >= 4 is 29.7 Å². The van der Waals surface area contributed by atoms with Gasteiger partial charge >= 0.3 is 0 Å². The van der Waals surface area contributed by atoms with Crippen molar-refractivity contribution in [2.24, 2.45) is 0 Å². The van der Waals surface area contributed by atoms with Gasteiger partial charge in [0, 0.05) is 23.4 Å². The molecule has 3 aromatic rings. The first kappa shape index (κ1) is 26.3. The van der Waals surface area contributed by atoms with Crippen LogP contribution in [-0.4, -0.2) is 28.0 Å². The van der Waals surface area contributed by atoms with E-state index in [-0.39, 0.29) is 23.9 Å². The van der Waals surface area contributed by atoms with Crippen LogP contribution in [0.3, 0.4) is 0 Å². The lowest BCUT2D eigenvalue weighted by atomic mass is 9.92. The van der Waals surface area contributed by atoms with Gasteiger partial charge in [-0.25, -0.2) is 0 Å². The third-order valence-corrected chi connectivity index (χ3v) is 9.18. The lowest BCUT2D eigenvalue weighted by Crippen LogP contribution is -2.50. The number of carbonyl (C=O) groups is 2. The second-order valence-corrected chi connectivity index (χ2v) is 11.9. The smallest absolute Gasteiger partial charge is 0.260 e. The van der Waals surface area contributed by atoms with Crippen molar-refractivity contribution in [2.75, 3.05) is 0 Å². The minimum Gasteiger partial charge on any atom is -0.346 e. The van der Waals surface area contributed by atoms with Crippen LogP contribution in [0.15, 0.2) is 77.7 Å². The molecule has 1 saturated heterocycles. The second kappa shape index (κ2) is 11.6. The van der Waals surface area contributed by atoms with E-state index in [9.17, 15) is 9.59 Å². The third-order valence-electron chi connectivity index (χ3n) is 7.78. The Bertz CT molecular complexity index is 1330. The molecule has 3 atom stereocenters. The fraction of sp³-hybridized carbons (Fsp3) is 0.333. The number of rotatable bonds is 6. The summed E-state index contributed by atoms with van der Waals surface area (Å²) < 4.78 is 0. The zero-order valence-electron chi connectivity index (χ0n) is 22.4. The van der Waals surface area contributed by atoms with Crippen molar-refractivity contribution in [2.45, 2.75) is 70.3 Å². The highest BCUT2D eigenvalue weighted by molar-refractivity contribution is 8.04. The number of thioether (sulfide) groups is 1. The Kier molecular flexibility index (Phi) is 8.04. The molecule has 2 aliphatic rings. The van der Waals surface area contributed by atoms with Crippen LogP contribution in [0.5, 0.6) is 0 Å². The predicted molar refractivity (Wildman–Crippen MR) is 157 cm³/mol. The predicted octanol–water partition coefficient (Wildman–Crippen LogP) is 7.22. The van der Waals surface area contributed by atoms with Crippen molar-refractivity contribution < 1.29 is 9.59 Å². The van der Waals surface area contributed by atoms with Gasteiger partial charge in [-0.15, -0.1) is 11.8 Å². The lowest BCUT2D eigenvalue weighted by Gasteiger charge is -2.44. The molecule has 38 heavy (non-hydrogen) atoms. The normalized spacial score (nSPS) is 21.2. The van der Waals surface area contributed by atoms with Gasteiger partial charge < -0.3 is 10.2 Å². The summed E-state index contributed by atoms with van der Waals surface area (Å²) in [6.07, 6.45) is 6.62. The van der Waals surface area contributed by atoms with Crippen LogP contribution in [0.25, 0.3) is 6.08 Å². The number of aryl methyl sites for hydroxylation is 2. The number of carbonyl (C=O) groups excluding carboxylic acids is 2. The van der Waals surface area contributed by atoms with E-state index in [4.69, 9.17) is 0 Å². The van der Waals surface area contributed by atoms with Crippen LogP contribution in [0.1, 0.15) is 76.8 Å². The first-order valence-corrected chi connectivity index (χ1v) is 14.5. The van der Waals surface area contributed by atoms with E-state index >= 15 is 0 Å². The van der Waals surface area contributed by atoms with Gasteiger partial charge in [0.1, 0.15) is 0 Å². The van der Waals surface area contributed by atoms with Gasteiger partial charge in [0.15, 0.2) is 0 Å². The molecule has 5 rings (SSSR count). The summed E-state index contributed by atoms with van der Waals surface area (Å²) in [5.41, 5.74) is 6.31. The molecular formula is C33H36N2O2S. The number of fused-ring (bicyclic) bond motifs is 1. The molecule has 1 saturated carbocycles. The first-order chi connectivity index (χ1) is 18.4. The van der Waals surface area contributed by atoms with Gasteiger partial charge in [0.2, 0.25) is 0 Å². The van der Waals surface area contributed by atoms with E-state index in [0.29, 0.717) is 17.4 Å². The highest BCUT2D eigenvalue weighted by Gasteiger charge is 2.40. The van der Waals surface area contributed by atoms with E-state index in [1.165, 1.54) is 29.5 Å². The fourth-order valence-electron chi connectivity index (χ4n) is 5.50. The van der Waals surface area contributed by atoms with E-state index in [2.05, 4.69) is 42.3 Å². The van der Waals surface area contributed by atoms with Crippen molar-refractivity contribution in [1.82, 2.24) is 10.2 Å². The van der Waals surface area contributed by atoms with Gasteiger partial charge in [0.05, 0.1) is 10.9 Å². The Labute approximate surface area is 230 Å². The lowest BCUT2D eigenvalue weighted by molar-refractivity contribution is -0.130. The maximum Gasteiger partial charge on any atom is 0.260 e. The molecule has 2 fully saturated rings. The Hall–Kier alpha value is -3.31. The first-order valence-electron chi connectivity index (χ1n) is 13.6. The summed E-state index contributed by atoms with van der Waals surface area (Å²) in [7, 11) is 0. The molecule has 0 bridgehead atoms. The quantitative estimate of drug-likeness (QED) is 0.346. The molecule has 3 aromatic carbocycles. The number of hydrogen-bond acceptors (Lipinski definition) is 3. The van der Waals surface area contributed by atoms with Crippen LogP contribution in [0.2, 0.25) is 0 Å². The van der Waals surface area contributed by atoms with Crippen LogP contribution in [-0.2, 0) is 11.3 Å². The Balaban J connectivity index is 1.33. The van der Waals surface area contributed by atoms with Gasteiger partial charge in [0.25, 0.3) is 11.8 Å². The van der Waals surface area contributed by atoms with Crippen LogP contribution in [0.4, 0.5) is 0 Å². The van der Waals surface area contributed by atoms with Crippen molar-refractivity contribution in [3.05, 3.63) is 111 Å². The summed E-state index contributed by atoms with van der Waals surface area (Å²) in [6.45, 7) is 6.88. The highest BCUT2D eigenvalue weighted by atomic mass is 32.2. The number of amides is 2. The number of benzene rings is 3. The van der Waals surface area contributed by atoms with Crippen molar-refractivity contribution in [1.29, 1.82) is 0 Å². The summed E-state index contributed by atoms with van der Waals surface area (Å²) in [6, 6.07) is 24.2. The summed E-state index contributed by atoms with van der Waals surface area (Å²) in [5, 5.41) is 3.50. The summed E-state index contributed by atoms with van der Waals surface area (Å²) in [4.78, 5) is 29.5. The largest absolute Gasteiger partial charge is 0.346 e. The molecular weight excluding hydrogens is 488 g/mol. The van der Waals surface area contributed by atoms with Crippen LogP contribution >= 0.6 is 11.8 Å². The fourth-order valence-corrected chi connectivity index (χ4v) is 6.98. The standard InChI is InChI=1S/C33H36N2O2S/c1-22-13-14-23(2)28(19-22)21-35-29-11-7-8-12-30(29)38-31(33(35)37)20-25-15-17-27(18-16-25)32(36)34-24(3)26-9-5-4-6-10-26/h4-6,9-10,13-20,24,29-30H,7-8,11-12,21H2,1-3H3,(H,34,36)/b31-20-. The number of hydrogen-bond donors (Lipinski definition) is 1. The minimum absolute atomic E-state index is 0.0757. The van der Waals surface area contributed by atoms with E-state index in [1.54, 1.807) is 11.8 Å². The van der Waals surface area contributed by atoms with Crippen molar-refractivity contribution in [3.8, 4) is 0 Å². The van der Waals surface area contributed by atoms with Crippen LogP contribution in [0, 0.1) is 13.8 Å². The number of nitrogens with zero attached hydrogens (tertiary/aromatic N) is 1. The Morgan fingerprint density at radius 2 is 1.76 bits per heavy atom.